The van der Waals surface area contributed by atoms with Crippen LogP contribution in [0, 0.1) is 11.7 Å². The lowest BCUT2D eigenvalue weighted by Crippen LogP contribution is -2.14. The second-order valence-corrected chi connectivity index (χ2v) is 8.36. The van der Waals surface area contributed by atoms with Crippen LogP contribution in [0.15, 0.2) is 54.7 Å². The van der Waals surface area contributed by atoms with Gasteiger partial charge in [0.15, 0.2) is 11.6 Å². The summed E-state index contributed by atoms with van der Waals surface area (Å²) in [5.74, 6) is -0.797. The van der Waals surface area contributed by atoms with Gasteiger partial charge in [0.1, 0.15) is 17.4 Å². The molecule has 3 N–H and O–H groups in total. The Bertz CT molecular complexity index is 1270. The zero-order valence-electron chi connectivity index (χ0n) is 18.4. The highest BCUT2D eigenvalue weighted by Gasteiger charge is 2.31. The topological polar surface area (TPSA) is 94.3 Å². The number of nitrogen functional groups attached to an aromatic ring is 1. The highest BCUT2D eigenvalue weighted by atomic mass is 19.4. The van der Waals surface area contributed by atoms with Gasteiger partial charge in [-0.25, -0.2) is 9.37 Å². The summed E-state index contributed by atoms with van der Waals surface area (Å²) in [6.45, 7) is 0. The third kappa shape index (κ3) is 6.56. The van der Waals surface area contributed by atoms with E-state index in [1.165, 1.54) is 36.5 Å². The van der Waals surface area contributed by atoms with Gasteiger partial charge in [-0.15, -0.1) is 0 Å². The molecule has 0 radical (unpaired) electrons. The molecule has 182 valence electrons. The normalized spacial score (nSPS) is 13.4. The van der Waals surface area contributed by atoms with Crippen LogP contribution in [0.1, 0.15) is 29.5 Å². The molecule has 1 heterocycles. The van der Waals surface area contributed by atoms with E-state index >= 15 is 0 Å². The van der Waals surface area contributed by atoms with Gasteiger partial charge in [-0.05, 0) is 60.4 Å². The monoisotopic (exact) mass is 487 g/mol. The van der Waals surface area contributed by atoms with Gasteiger partial charge < -0.3 is 15.8 Å². The number of Topliss-reactive ketones (excluding diaryl/α,β-unsaturated/α-hetero) is 1. The third-order valence-corrected chi connectivity index (χ3v) is 5.30. The van der Waals surface area contributed by atoms with Crippen molar-refractivity contribution in [1.82, 2.24) is 4.98 Å². The van der Waals surface area contributed by atoms with Crippen molar-refractivity contribution in [3.05, 3.63) is 77.2 Å². The summed E-state index contributed by atoms with van der Waals surface area (Å²) in [5, 5.41) is 2.68. The van der Waals surface area contributed by atoms with Gasteiger partial charge in [0, 0.05) is 36.7 Å². The Kier molecular flexibility index (Phi) is 6.72. The number of carbonyl (C=O) groups excluding carboxylic acids is 2. The van der Waals surface area contributed by atoms with Gasteiger partial charge >= 0.3 is 6.18 Å². The van der Waals surface area contributed by atoms with E-state index in [1.807, 2.05) is 0 Å². The van der Waals surface area contributed by atoms with E-state index in [2.05, 4.69) is 10.3 Å². The Morgan fingerprint density at radius 3 is 2.46 bits per heavy atom. The minimum Gasteiger partial charge on any atom is -0.454 e. The molecule has 0 bridgehead atoms. The molecule has 4 rings (SSSR count). The van der Waals surface area contributed by atoms with E-state index in [0.29, 0.717) is 5.56 Å². The quantitative estimate of drug-likeness (QED) is 0.332. The van der Waals surface area contributed by atoms with Crippen LogP contribution in [0.4, 0.5) is 29.1 Å². The second-order valence-electron chi connectivity index (χ2n) is 8.36. The van der Waals surface area contributed by atoms with Crippen molar-refractivity contribution in [3.63, 3.8) is 0 Å². The fourth-order valence-electron chi connectivity index (χ4n) is 3.48. The average molecular weight is 487 g/mol. The number of rotatable bonds is 8. The molecule has 1 aliphatic carbocycles. The lowest BCUT2D eigenvalue weighted by atomic mass is 10.0. The van der Waals surface area contributed by atoms with Crippen LogP contribution >= 0.6 is 0 Å². The molecule has 1 aromatic heterocycles. The molecule has 6 nitrogen and oxygen atoms in total. The largest absolute Gasteiger partial charge is 0.454 e. The first-order valence-electron chi connectivity index (χ1n) is 10.8. The predicted molar refractivity (Wildman–Crippen MR) is 120 cm³/mol. The first kappa shape index (κ1) is 24.2. The molecule has 3 aromatic rings. The van der Waals surface area contributed by atoms with Gasteiger partial charge in [-0.3, -0.25) is 9.59 Å². The van der Waals surface area contributed by atoms with Crippen molar-refractivity contribution in [2.24, 2.45) is 5.92 Å². The maximum absolute atomic E-state index is 14.6. The molecule has 10 heteroatoms. The third-order valence-electron chi connectivity index (χ3n) is 5.30. The first-order chi connectivity index (χ1) is 16.6. The minimum atomic E-state index is -4.58. The number of amides is 1. The summed E-state index contributed by atoms with van der Waals surface area (Å²) in [7, 11) is 0. The maximum atomic E-state index is 14.6. The molecule has 0 atom stereocenters. The van der Waals surface area contributed by atoms with Crippen molar-refractivity contribution in [3.8, 4) is 11.5 Å². The van der Waals surface area contributed by atoms with Crippen LogP contribution in [0.5, 0.6) is 11.5 Å². The molecule has 35 heavy (non-hydrogen) atoms. The van der Waals surface area contributed by atoms with E-state index in [-0.39, 0.29) is 53.2 Å². The van der Waals surface area contributed by atoms with Gasteiger partial charge in [0.25, 0.3) is 0 Å². The number of halogens is 4. The Hall–Kier alpha value is -3.95. The van der Waals surface area contributed by atoms with Crippen molar-refractivity contribution in [1.29, 1.82) is 0 Å². The fraction of sp³-hybridized carbons (Fsp3) is 0.240. The average Bonchev–Trinajstić information content (AvgIpc) is 3.60. The first-order valence-corrected chi connectivity index (χ1v) is 10.8. The number of anilines is 2. The van der Waals surface area contributed by atoms with Crippen LogP contribution < -0.4 is 15.8 Å². The number of pyridine rings is 1. The van der Waals surface area contributed by atoms with E-state index in [4.69, 9.17) is 10.5 Å². The molecule has 0 saturated heterocycles. The lowest BCUT2D eigenvalue weighted by molar-refractivity contribution is -0.137. The predicted octanol–water partition coefficient (Wildman–Crippen LogP) is 5.32. The number of nitrogens with two attached hydrogens (primary N) is 1. The lowest BCUT2D eigenvalue weighted by Gasteiger charge is -2.11. The summed E-state index contributed by atoms with van der Waals surface area (Å²) < 4.78 is 59.1. The number of nitrogens with zero attached hydrogens (tertiary/aromatic N) is 1. The van der Waals surface area contributed by atoms with Crippen LogP contribution in [0.2, 0.25) is 0 Å². The van der Waals surface area contributed by atoms with Gasteiger partial charge in [0.2, 0.25) is 5.91 Å². The van der Waals surface area contributed by atoms with Gasteiger partial charge in [-0.2, -0.15) is 13.2 Å². The van der Waals surface area contributed by atoms with Crippen LogP contribution in [0.3, 0.4) is 0 Å². The number of benzene rings is 2. The van der Waals surface area contributed by atoms with Crippen LogP contribution in [-0.2, 0) is 28.6 Å². The number of hydrogen-bond donors (Lipinski definition) is 2. The number of ether oxygens (including phenoxy) is 1. The standard InChI is InChI=1S/C25H21F4N3O3/c26-21-11-14(9-19(33)10-15-7-17(25(27,28)29)12-18(30)8-15)1-4-22(21)35-20-5-6-31-23(13-20)32-24(34)16-2-3-16/h1,4-8,11-13,16H,2-3,9-10,30H2,(H,31,32,34). The fourth-order valence-corrected chi connectivity index (χ4v) is 3.48. The molecule has 1 aliphatic rings. The smallest absolute Gasteiger partial charge is 0.416 e. The van der Waals surface area contributed by atoms with Crippen LogP contribution in [0.25, 0.3) is 0 Å². The minimum absolute atomic E-state index is 0.0000102. The summed E-state index contributed by atoms with van der Waals surface area (Å²) in [6.07, 6.45) is -1.93. The highest BCUT2D eigenvalue weighted by molar-refractivity contribution is 5.93. The van der Waals surface area contributed by atoms with Crippen molar-refractivity contribution < 1.29 is 31.9 Å². The van der Waals surface area contributed by atoms with Crippen molar-refractivity contribution >= 4 is 23.2 Å². The van der Waals surface area contributed by atoms with Gasteiger partial charge in [0.05, 0.1) is 5.56 Å². The SMILES string of the molecule is Nc1cc(CC(=O)Cc2ccc(Oc3ccnc(NC(=O)C4CC4)c3)c(F)c2)cc(C(F)(F)F)c1. The van der Waals surface area contributed by atoms with Crippen molar-refractivity contribution in [2.75, 3.05) is 11.1 Å². The van der Waals surface area contributed by atoms with E-state index in [0.717, 1.165) is 31.0 Å². The zero-order valence-corrected chi connectivity index (χ0v) is 18.4. The second kappa shape index (κ2) is 9.73. The maximum Gasteiger partial charge on any atom is 0.416 e. The molecule has 1 amide bonds. The molecule has 1 saturated carbocycles. The Balaban J connectivity index is 1.39. The molecule has 0 unspecified atom stereocenters. The molecule has 1 fully saturated rings. The Labute approximate surface area is 198 Å². The molecule has 0 aliphatic heterocycles. The summed E-state index contributed by atoms with van der Waals surface area (Å²) in [5.41, 5.74) is 4.98. The molecule has 0 spiro atoms. The van der Waals surface area contributed by atoms with Crippen LogP contribution in [-0.4, -0.2) is 16.7 Å². The summed E-state index contributed by atoms with van der Waals surface area (Å²) in [6, 6.07) is 9.93. The number of hydrogen-bond acceptors (Lipinski definition) is 5. The Morgan fingerprint density at radius 1 is 1.03 bits per heavy atom. The highest BCUT2D eigenvalue weighted by Crippen LogP contribution is 2.32. The zero-order chi connectivity index (χ0) is 25.2. The summed E-state index contributed by atoms with van der Waals surface area (Å²) in [4.78, 5) is 28.3. The number of ketones is 1. The molecular weight excluding hydrogens is 466 g/mol. The molecular formula is C25H21F4N3O3. The number of alkyl halides is 3. The van der Waals surface area contributed by atoms with Gasteiger partial charge in [-0.1, -0.05) is 6.07 Å². The van der Waals surface area contributed by atoms with E-state index < -0.39 is 23.3 Å². The number of carbonyl (C=O) groups is 2. The number of aromatic nitrogens is 1. The van der Waals surface area contributed by atoms with E-state index in [1.54, 1.807) is 0 Å². The number of nitrogens with one attached hydrogen (secondary N) is 1. The summed E-state index contributed by atoms with van der Waals surface area (Å²) >= 11 is 0. The molecule has 2 aromatic carbocycles. The Morgan fingerprint density at radius 2 is 1.77 bits per heavy atom. The van der Waals surface area contributed by atoms with E-state index in [9.17, 15) is 27.2 Å². The van der Waals surface area contributed by atoms with Crippen molar-refractivity contribution in [2.45, 2.75) is 31.9 Å².